The molecule has 6 nitrogen and oxygen atoms in total. The average Bonchev–Trinajstić information content (AvgIpc) is 2.71. The largest absolute Gasteiger partial charge is 0.478 e. The first-order valence-electron chi connectivity index (χ1n) is 5.64. The van der Waals surface area contributed by atoms with Crippen molar-refractivity contribution in [2.24, 2.45) is 5.73 Å². The lowest BCUT2D eigenvalue weighted by Gasteiger charge is -2.06. The predicted molar refractivity (Wildman–Crippen MR) is 68.0 cm³/mol. The van der Waals surface area contributed by atoms with Gasteiger partial charge in [-0.15, -0.1) is 0 Å². The van der Waals surface area contributed by atoms with Crippen molar-refractivity contribution in [2.45, 2.75) is 13.5 Å². The summed E-state index contributed by atoms with van der Waals surface area (Å²) in [5.74, 6) is -1.54. The number of aryl methyl sites for hydroxylation is 1. The summed E-state index contributed by atoms with van der Waals surface area (Å²) in [7, 11) is 0. The van der Waals surface area contributed by atoms with Crippen molar-refractivity contribution in [2.75, 3.05) is 0 Å². The fourth-order valence-corrected chi connectivity index (χ4v) is 1.88. The van der Waals surface area contributed by atoms with Crippen molar-refractivity contribution in [3.05, 3.63) is 52.8 Å². The molecule has 0 unspecified atom stereocenters. The molecule has 1 amide bonds. The van der Waals surface area contributed by atoms with Gasteiger partial charge in [-0.2, -0.15) is 5.10 Å². The van der Waals surface area contributed by atoms with Crippen LogP contribution in [-0.2, 0) is 6.54 Å². The van der Waals surface area contributed by atoms with Gasteiger partial charge in [0, 0.05) is 11.8 Å². The highest BCUT2D eigenvalue weighted by molar-refractivity contribution is 5.94. The van der Waals surface area contributed by atoms with E-state index in [1.54, 1.807) is 31.2 Å². The maximum atomic E-state index is 11.3. The van der Waals surface area contributed by atoms with Crippen LogP contribution in [0.5, 0.6) is 0 Å². The molecule has 1 heterocycles. The minimum atomic E-state index is -1.02. The SMILES string of the molecule is Cc1nn(Cc2ccccc2C(N)=O)cc1C(=O)O. The lowest BCUT2D eigenvalue weighted by molar-refractivity contribution is 0.0695. The van der Waals surface area contributed by atoms with Gasteiger partial charge in [0.15, 0.2) is 0 Å². The summed E-state index contributed by atoms with van der Waals surface area (Å²) in [4.78, 5) is 22.2. The van der Waals surface area contributed by atoms with E-state index in [4.69, 9.17) is 10.8 Å². The van der Waals surface area contributed by atoms with Crippen molar-refractivity contribution >= 4 is 11.9 Å². The molecule has 3 N–H and O–H groups in total. The molecule has 0 saturated carbocycles. The van der Waals surface area contributed by atoms with E-state index in [0.717, 1.165) is 0 Å². The van der Waals surface area contributed by atoms with Crippen molar-refractivity contribution < 1.29 is 14.7 Å². The molecule has 0 aliphatic rings. The predicted octanol–water partition coefficient (Wildman–Crippen LogP) is 1.04. The third-order valence-corrected chi connectivity index (χ3v) is 2.79. The van der Waals surface area contributed by atoms with E-state index in [1.165, 1.54) is 10.9 Å². The van der Waals surface area contributed by atoms with Crippen LogP contribution in [0.2, 0.25) is 0 Å². The minimum Gasteiger partial charge on any atom is -0.478 e. The highest BCUT2D eigenvalue weighted by atomic mass is 16.4. The third-order valence-electron chi connectivity index (χ3n) is 2.79. The molecular formula is C13H13N3O3. The topological polar surface area (TPSA) is 98.2 Å². The van der Waals surface area contributed by atoms with Crippen molar-refractivity contribution in [1.29, 1.82) is 0 Å². The number of benzene rings is 1. The molecule has 98 valence electrons. The molecule has 0 bridgehead atoms. The number of carboxylic acids is 1. The first kappa shape index (κ1) is 12.8. The van der Waals surface area contributed by atoms with Crippen molar-refractivity contribution in [3.63, 3.8) is 0 Å². The fraction of sp³-hybridized carbons (Fsp3) is 0.154. The Morgan fingerprint density at radius 2 is 2.00 bits per heavy atom. The number of hydrogen-bond acceptors (Lipinski definition) is 3. The number of nitrogens with zero attached hydrogens (tertiary/aromatic N) is 2. The molecule has 0 fully saturated rings. The van der Waals surface area contributed by atoms with Gasteiger partial charge in [0.05, 0.1) is 12.2 Å². The van der Waals surface area contributed by atoms with Gasteiger partial charge >= 0.3 is 5.97 Å². The minimum absolute atomic E-state index is 0.150. The molecule has 1 aromatic carbocycles. The lowest BCUT2D eigenvalue weighted by Crippen LogP contribution is -2.15. The summed E-state index contributed by atoms with van der Waals surface area (Å²) in [5, 5.41) is 13.1. The Balaban J connectivity index is 2.34. The number of primary amides is 1. The van der Waals surface area contributed by atoms with Gasteiger partial charge < -0.3 is 10.8 Å². The van der Waals surface area contributed by atoms with E-state index < -0.39 is 11.9 Å². The molecule has 1 aromatic heterocycles. The Kier molecular flexibility index (Phi) is 3.33. The Bertz CT molecular complexity index is 646. The normalized spacial score (nSPS) is 10.4. The third kappa shape index (κ3) is 2.62. The van der Waals surface area contributed by atoms with Crippen LogP contribution >= 0.6 is 0 Å². The van der Waals surface area contributed by atoms with E-state index in [2.05, 4.69) is 5.10 Å². The van der Waals surface area contributed by atoms with E-state index in [-0.39, 0.29) is 5.56 Å². The van der Waals surface area contributed by atoms with Crippen LogP contribution < -0.4 is 5.73 Å². The highest BCUT2D eigenvalue weighted by Crippen LogP contribution is 2.12. The number of hydrogen-bond donors (Lipinski definition) is 2. The second-order valence-electron chi connectivity index (χ2n) is 4.15. The molecule has 0 radical (unpaired) electrons. The van der Waals surface area contributed by atoms with Gasteiger partial charge in [0.25, 0.3) is 0 Å². The van der Waals surface area contributed by atoms with Crippen LogP contribution in [0, 0.1) is 6.92 Å². The standard InChI is InChI=1S/C13H13N3O3/c1-8-11(13(18)19)7-16(15-8)6-9-4-2-3-5-10(9)12(14)17/h2-5,7H,6H2,1H3,(H2,14,17)(H,18,19). The number of aromatic nitrogens is 2. The van der Waals surface area contributed by atoms with Crippen LogP contribution in [0.25, 0.3) is 0 Å². The monoisotopic (exact) mass is 259 g/mol. The number of amides is 1. The number of carbonyl (C=O) groups is 2. The Hall–Kier alpha value is -2.63. The molecule has 19 heavy (non-hydrogen) atoms. The zero-order chi connectivity index (χ0) is 14.0. The molecule has 0 spiro atoms. The molecule has 0 aliphatic carbocycles. The van der Waals surface area contributed by atoms with E-state index in [0.29, 0.717) is 23.4 Å². The Morgan fingerprint density at radius 3 is 2.58 bits per heavy atom. The summed E-state index contributed by atoms with van der Waals surface area (Å²) in [5.41, 5.74) is 6.99. The number of rotatable bonds is 4. The number of carbonyl (C=O) groups excluding carboxylic acids is 1. The summed E-state index contributed by atoms with van der Waals surface area (Å²) < 4.78 is 1.49. The van der Waals surface area contributed by atoms with Gasteiger partial charge in [-0.1, -0.05) is 18.2 Å². The summed E-state index contributed by atoms with van der Waals surface area (Å²) in [6.07, 6.45) is 1.44. The first-order valence-corrected chi connectivity index (χ1v) is 5.64. The smallest absolute Gasteiger partial charge is 0.339 e. The van der Waals surface area contributed by atoms with Gasteiger partial charge in [-0.05, 0) is 18.6 Å². The molecule has 2 aromatic rings. The Labute approximate surface area is 109 Å². The van der Waals surface area contributed by atoms with Crippen LogP contribution in [0.3, 0.4) is 0 Å². The van der Waals surface area contributed by atoms with E-state index in [9.17, 15) is 9.59 Å². The second-order valence-corrected chi connectivity index (χ2v) is 4.15. The van der Waals surface area contributed by atoms with Gasteiger partial charge in [-0.25, -0.2) is 4.79 Å². The molecular weight excluding hydrogens is 246 g/mol. The second kappa shape index (κ2) is 4.93. The van der Waals surface area contributed by atoms with Crippen LogP contribution in [-0.4, -0.2) is 26.8 Å². The molecule has 2 rings (SSSR count). The molecule has 0 aliphatic heterocycles. The van der Waals surface area contributed by atoms with Crippen LogP contribution in [0.1, 0.15) is 32.0 Å². The van der Waals surface area contributed by atoms with Gasteiger partial charge in [0.2, 0.25) is 5.91 Å². The fourth-order valence-electron chi connectivity index (χ4n) is 1.88. The maximum absolute atomic E-state index is 11.3. The molecule has 0 atom stereocenters. The van der Waals surface area contributed by atoms with Crippen LogP contribution in [0.4, 0.5) is 0 Å². The first-order chi connectivity index (χ1) is 8.99. The van der Waals surface area contributed by atoms with E-state index in [1.807, 2.05) is 0 Å². The number of nitrogens with two attached hydrogens (primary N) is 1. The zero-order valence-electron chi connectivity index (χ0n) is 10.3. The van der Waals surface area contributed by atoms with E-state index >= 15 is 0 Å². The highest BCUT2D eigenvalue weighted by Gasteiger charge is 2.13. The summed E-state index contributed by atoms with van der Waals surface area (Å²) in [6.45, 7) is 1.92. The summed E-state index contributed by atoms with van der Waals surface area (Å²) in [6, 6.07) is 6.90. The lowest BCUT2D eigenvalue weighted by atomic mass is 10.1. The number of aromatic carboxylic acids is 1. The van der Waals surface area contributed by atoms with Gasteiger partial charge in [0.1, 0.15) is 5.56 Å². The van der Waals surface area contributed by atoms with Crippen molar-refractivity contribution in [1.82, 2.24) is 9.78 Å². The number of carboxylic acid groups (broad SMARTS) is 1. The average molecular weight is 259 g/mol. The zero-order valence-corrected chi connectivity index (χ0v) is 10.3. The molecule has 6 heteroatoms. The summed E-state index contributed by atoms with van der Waals surface area (Å²) >= 11 is 0. The Morgan fingerprint density at radius 1 is 1.32 bits per heavy atom. The van der Waals surface area contributed by atoms with Crippen molar-refractivity contribution in [3.8, 4) is 0 Å². The van der Waals surface area contributed by atoms with Gasteiger partial charge in [-0.3, -0.25) is 9.48 Å². The van der Waals surface area contributed by atoms with Crippen LogP contribution in [0.15, 0.2) is 30.5 Å². The quantitative estimate of drug-likeness (QED) is 0.856. The maximum Gasteiger partial charge on any atom is 0.339 e. The molecule has 0 saturated heterocycles.